The summed E-state index contributed by atoms with van der Waals surface area (Å²) < 4.78 is 5.16. The third kappa shape index (κ3) is 2.57. The number of hydrogen-bond acceptors (Lipinski definition) is 5. The van der Waals surface area contributed by atoms with Gasteiger partial charge in [-0.2, -0.15) is 0 Å². The number of likely N-dealkylation sites (N-methyl/N-ethyl adjacent to an activating group) is 2. The van der Waals surface area contributed by atoms with Crippen LogP contribution in [0.5, 0.6) is 0 Å². The largest absolute Gasteiger partial charge is 0.388 e. The highest BCUT2D eigenvalue weighted by Crippen LogP contribution is 2.39. The first-order chi connectivity index (χ1) is 11.4. The molecule has 3 aliphatic rings. The van der Waals surface area contributed by atoms with Gasteiger partial charge in [0.2, 0.25) is 5.91 Å². The van der Waals surface area contributed by atoms with Crippen LogP contribution in [0, 0.1) is 0 Å². The Balaban J connectivity index is 1.71. The maximum atomic E-state index is 12.9. The minimum absolute atomic E-state index is 0.190. The fourth-order valence-corrected chi connectivity index (χ4v) is 4.00. The van der Waals surface area contributed by atoms with Crippen molar-refractivity contribution in [3.63, 3.8) is 0 Å². The molecule has 0 bridgehead atoms. The fourth-order valence-electron chi connectivity index (χ4n) is 4.00. The monoisotopic (exact) mass is 339 g/mol. The summed E-state index contributed by atoms with van der Waals surface area (Å²) >= 11 is 0. The molecule has 1 N–H and O–H groups in total. The Morgan fingerprint density at radius 1 is 1.29 bits per heavy atom. The van der Waals surface area contributed by atoms with Gasteiger partial charge in [0.15, 0.2) is 0 Å². The number of amides is 4. The smallest absolute Gasteiger partial charge is 0.327 e. The van der Waals surface area contributed by atoms with E-state index in [1.807, 2.05) is 0 Å². The first-order valence-electron chi connectivity index (χ1n) is 8.50. The van der Waals surface area contributed by atoms with E-state index in [1.54, 1.807) is 14.1 Å². The molecule has 8 nitrogen and oxygen atoms in total. The van der Waals surface area contributed by atoms with Crippen LogP contribution in [-0.2, 0) is 14.3 Å². The number of imide groups is 1. The van der Waals surface area contributed by atoms with E-state index in [0.717, 1.165) is 24.2 Å². The summed E-state index contributed by atoms with van der Waals surface area (Å²) in [6.07, 6.45) is 3.47. The van der Waals surface area contributed by atoms with E-state index < -0.39 is 23.7 Å². The Labute approximate surface area is 141 Å². The van der Waals surface area contributed by atoms with Crippen molar-refractivity contribution in [2.75, 3.05) is 33.9 Å². The van der Waals surface area contributed by atoms with E-state index in [1.165, 1.54) is 9.80 Å². The van der Waals surface area contributed by atoms with Crippen LogP contribution in [0.2, 0.25) is 0 Å². The zero-order valence-electron chi connectivity index (χ0n) is 14.2. The van der Waals surface area contributed by atoms with Crippen LogP contribution in [-0.4, -0.2) is 89.2 Å². The van der Waals surface area contributed by atoms with Gasteiger partial charge in [0.05, 0.1) is 25.4 Å². The molecule has 1 saturated carbocycles. The van der Waals surface area contributed by atoms with Gasteiger partial charge in [-0.25, -0.2) is 4.79 Å². The number of aliphatic hydroxyl groups is 1. The molecule has 3 fully saturated rings. The first-order valence-corrected chi connectivity index (χ1v) is 8.50. The van der Waals surface area contributed by atoms with Gasteiger partial charge in [-0.1, -0.05) is 19.3 Å². The molecule has 8 heteroatoms. The number of urea groups is 1. The standard InChI is InChI=1S/C16H25N3O5/c1-17(11-9-24-10-12(11)20)13(21)8-19-14(22)16(18(2)15(19)23)6-4-3-5-7-16/h11-12,20H,3-10H2,1-2H3/t11-,12-/m1/s1. The normalized spacial score (nSPS) is 29.6. The Kier molecular flexibility index (Phi) is 4.52. The molecule has 2 heterocycles. The van der Waals surface area contributed by atoms with Crippen LogP contribution in [0.25, 0.3) is 0 Å². The fraction of sp³-hybridized carbons (Fsp3) is 0.812. The van der Waals surface area contributed by atoms with E-state index >= 15 is 0 Å². The highest BCUT2D eigenvalue weighted by atomic mass is 16.5. The summed E-state index contributed by atoms with van der Waals surface area (Å²) in [5.41, 5.74) is -0.774. The predicted molar refractivity (Wildman–Crippen MR) is 84.1 cm³/mol. The highest BCUT2D eigenvalue weighted by molar-refractivity contribution is 6.08. The van der Waals surface area contributed by atoms with Crippen molar-refractivity contribution in [1.29, 1.82) is 0 Å². The molecule has 2 aliphatic heterocycles. The number of hydrogen-bond donors (Lipinski definition) is 1. The zero-order valence-corrected chi connectivity index (χ0v) is 14.2. The molecule has 0 aromatic rings. The summed E-state index contributed by atoms with van der Waals surface area (Å²) in [5, 5.41) is 9.84. The third-order valence-corrected chi connectivity index (χ3v) is 5.69. The van der Waals surface area contributed by atoms with Crippen molar-refractivity contribution in [3.05, 3.63) is 0 Å². The Morgan fingerprint density at radius 2 is 1.96 bits per heavy atom. The lowest BCUT2D eigenvalue weighted by molar-refractivity contribution is -0.141. The van der Waals surface area contributed by atoms with Gasteiger partial charge in [0, 0.05) is 14.1 Å². The molecule has 0 aromatic carbocycles. The minimum Gasteiger partial charge on any atom is -0.388 e. The number of carbonyl (C=O) groups excluding carboxylic acids is 3. The van der Waals surface area contributed by atoms with Crippen molar-refractivity contribution in [2.24, 2.45) is 0 Å². The number of rotatable bonds is 3. The van der Waals surface area contributed by atoms with E-state index in [9.17, 15) is 19.5 Å². The second-order valence-electron chi connectivity index (χ2n) is 7.00. The molecule has 2 atom stereocenters. The lowest BCUT2D eigenvalue weighted by Gasteiger charge is -2.35. The van der Waals surface area contributed by atoms with Gasteiger partial charge in [-0.3, -0.25) is 14.5 Å². The average Bonchev–Trinajstić information content (AvgIpc) is 3.08. The summed E-state index contributed by atoms with van der Waals surface area (Å²) in [6.45, 7) is 0.161. The van der Waals surface area contributed by atoms with Crippen LogP contribution in [0.15, 0.2) is 0 Å². The number of carbonyl (C=O) groups is 3. The molecule has 3 rings (SSSR count). The zero-order chi connectivity index (χ0) is 17.5. The van der Waals surface area contributed by atoms with Gasteiger partial charge in [-0.05, 0) is 12.8 Å². The first kappa shape index (κ1) is 17.2. The van der Waals surface area contributed by atoms with Gasteiger partial charge in [0.25, 0.3) is 5.91 Å². The lowest BCUT2D eigenvalue weighted by Crippen LogP contribution is -2.51. The number of aliphatic hydroxyl groups excluding tert-OH is 1. The molecule has 2 saturated heterocycles. The molecule has 24 heavy (non-hydrogen) atoms. The lowest BCUT2D eigenvalue weighted by atomic mass is 9.81. The molecule has 134 valence electrons. The molecule has 0 unspecified atom stereocenters. The van der Waals surface area contributed by atoms with E-state index in [4.69, 9.17) is 4.74 Å². The highest BCUT2D eigenvalue weighted by Gasteiger charge is 2.56. The Morgan fingerprint density at radius 3 is 2.54 bits per heavy atom. The summed E-state index contributed by atoms with van der Waals surface area (Å²) in [6, 6.07) is -0.849. The summed E-state index contributed by atoms with van der Waals surface area (Å²) in [7, 11) is 3.21. The Bertz CT molecular complexity index is 546. The van der Waals surface area contributed by atoms with Crippen molar-refractivity contribution < 1.29 is 24.2 Å². The number of nitrogens with zero attached hydrogens (tertiary/aromatic N) is 3. The molecule has 1 spiro atoms. The van der Waals surface area contributed by atoms with Crippen molar-refractivity contribution >= 4 is 17.8 Å². The van der Waals surface area contributed by atoms with Crippen molar-refractivity contribution in [3.8, 4) is 0 Å². The maximum absolute atomic E-state index is 12.9. The van der Waals surface area contributed by atoms with Crippen LogP contribution >= 0.6 is 0 Å². The molecular weight excluding hydrogens is 314 g/mol. The van der Waals surface area contributed by atoms with Crippen molar-refractivity contribution in [2.45, 2.75) is 49.8 Å². The van der Waals surface area contributed by atoms with Crippen molar-refractivity contribution in [1.82, 2.24) is 14.7 Å². The quantitative estimate of drug-likeness (QED) is 0.719. The summed E-state index contributed by atoms with van der Waals surface area (Å²) in [5.74, 6) is -0.632. The van der Waals surface area contributed by atoms with Gasteiger partial charge >= 0.3 is 6.03 Å². The number of ether oxygens (including phenoxy) is 1. The van der Waals surface area contributed by atoms with Crippen LogP contribution < -0.4 is 0 Å². The van der Waals surface area contributed by atoms with E-state index in [0.29, 0.717) is 12.8 Å². The molecule has 0 radical (unpaired) electrons. The Hall–Kier alpha value is -1.67. The maximum Gasteiger partial charge on any atom is 0.327 e. The molecule has 4 amide bonds. The minimum atomic E-state index is -0.774. The van der Waals surface area contributed by atoms with E-state index in [-0.39, 0.29) is 31.6 Å². The van der Waals surface area contributed by atoms with Gasteiger partial charge in [0.1, 0.15) is 12.1 Å². The molecular formula is C16H25N3O5. The van der Waals surface area contributed by atoms with Gasteiger partial charge < -0.3 is 19.6 Å². The van der Waals surface area contributed by atoms with Gasteiger partial charge in [-0.15, -0.1) is 0 Å². The average molecular weight is 339 g/mol. The SMILES string of the molecule is CN(C(=O)CN1C(=O)N(C)C2(CCCCC2)C1=O)[C@@H]1COC[C@H]1O. The molecule has 1 aliphatic carbocycles. The summed E-state index contributed by atoms with van der Waals surface area (Å²) in [4.78, 5) is 41.8. The van der Waals surface area contributed by atoms with E-state index in [2.05, 4.69) is 0 Å². The second kappa shape index (κ2) is 6.33. The topological polar surface area (TPSA) is 90.4 Å². The predicted octanol–water partition coefficient (Wildman–Crippen LogP) is -0.199. The third-order valence-electron chi connectivity index (χ3n) is 5.69. The van der Waals surface area contributed by atoms with Crippen LogP contribution in [0.4, 0.5) is 4.79 Å². The second-order valence-corrected chi connectivity index (χ2v) is 7.00. The van der Waals surface area contributed by atoms with Crippen LogP contribution in [0.1, 0.15) is 32.1 Å². The molecule has 0 aromatic heterocycles. The van der Waals surface area contributed by atoms with Crippen LogP contribution in [0.3, 0.4) is 0 Å².